The molecule has 184 valence electrons. The van der Waals surface area contributed by atoms with Crippen LogP contribution in [-0.4, -0.2) is 48.4 Å². The largest absolute Gasteiger partial charge is 0.394 e. The van der Waals surface area contributed by atoms with Gasteiger partial charge in [0.05, 0.1) is 48.4 Å². The number of aromatic nitrogens is 5. The van der Waals surface area contributed by atoms with Gasteiger partial charge in [0.1, 0.15) is 11.4 Å². The Bertz CT molecular complexity index is 1510. The summed E-state index contributed by atoms with van der Waals surface area (Å²) < 4.78 is 7.92. The molecule has 0 saturated heterocycles. The summed E-state index contributed by atoms with van der Waals surface area (Å²) in [6.07, 6.45) is 6.58. The van der Waals surface area contributed by atoms with Crippen LogP contribution in [0.3, 0.4) is 0 Å². The number of hydrogen-bond donors (Lipinski definition) is 4. The zero-order valence-electron chi connectivity index (χ0n) is 20.1. The van der Waals surface area contributed by atoms with Crippen molar-refractivity contribution in [1.29, 1.82) is 0 Å². The van der Waals surface area contributed by atoms with E-state index < -0.39 is 6.04 Å². The number of anilines is 1. The fourth-order valence-electron chi connectivity index (χ4n) is 4.21. The van der Waals surface area contributed by atoms with Crippen LogP contribution in [0, 0.1) is 6.92 Å². The van der Waals surface area contributed by atoms with Gasteiger partial charge in [-0.3, -0.25) is 4.79 Å². The van der Waals surface area contributed by atoms with Crippen molar-refractivity contribution in [3.63, 3.8) is 0 Å². The molecule has 36 heavy (non-hydrogen) atoms. The first-order chi connectivity index (χ1) is 17.5. The number of aryl methyl sites for hydroxylation is 1. The topological polar surface area (TPSA) is 121 Å². The highest BCUT2D eigenvalue weighted by Gasteiger charge is 2.22. The van der Waals surface area contributed by atoms with Crippen LogP contribution in [-0.2, 0) is 11.3 Å². The number of fused-ring (bicyclic) bond motifs is 1. The van der Waals surface area contributed by atoms with Crippen molar-refractivity contribution in [3.8, 4) is 17.1 Å². The molecule has 0 aliphatic rings. The zero-order chi connectivity index (χ0) is 25.1. The molecule has 9 nitrogen and oxygen atoms in total. The summed E-state index contributed by atoms with van der Waals surface area (Å²) in [5.41, 5.74) is 5.18. The molecule has 0 spiro atoms. The van der Waals surface area contributed by atoms with Gasteiger partial charge in [-0.15, -0.1) is 0 Å². The van der Waals surface area contributed by atoms with Crippen LogP contribution in [0.25, 0.3) is 28.1 Å². The lowest BCUT2D eigenvalue weighted by molar-refractivity contribution is 0.0276. The van der Waals surface area contributed by atoms with Gasteiger partial charge in [-0.05, 0) is 43.2 Å². The maximum absolute atomic E-state index is 12.9. The van der Waals surface area contributed by atoms with E-state index in [4.69, 9.17) is 9.72 Å². The van der Waals surface area contributed by atoms with Crippen molar-refractivity contribution in [2.75, 3.05) is 11.9 Å². The second kappa shape index (κ2) is 10.2. The van der Waals surface area contributed by atoms with Gasteiger partial charge in [-0.1, -0.05) is 30.3 Å². The van der Waals surface area contributed by atoms with E-state index in [1.165, 1.54) is 0 Å². The highest BCUT2D eigenvalue weighted by Crippen LogP contribution is 2.28. The highest BCUT2D eigenvalue weighted by atomic mass is 16.5. The third kappa shape index (κ3) is 4.79. The molecule has 2 unspecified atom stereocenters. The molecule has 2 atom stereocenters. The van der Waals surface area contributed by atoms with Crippen LogP contribution in [0.5, 0.6) is 0 Å². The lowest BCUT2D eigenvalue weighted by atomic mass is 10.1. The van der Waals surface area contributed by atoms with E-state index in [0.29, 0.717) is 23.7 Å². The molecule has 5 aromatic rings. The van der Waals surface area contributed by atoms with Crippen molar-refractivity contribution >= 4 is 16.7 Å². The molecule has 0 fully saturated rings. The molecule has 3 heterocycles. The molecule has 0 amide bonds. The molecule has 0 radical (unpaired) electrons. The summed E-state index contributed by atoms with van der Waals surface area (Å²) in [5.74, 6) is 0.440. The Kier molecular flexibility index (Phi) is 6.66. The van der Waals surface area contributed by atoms with E-state index in [0.717, 1.165) is 27.8 Å². The van der Waals surface area contributed by atoms with E-state index in [1.54, 1.807) is 24.8 Å². The molecule has 0 bridgehead atoms. The molecule has 5 rings (SSSR count). The smallest absolute Gasteiger partial charge is 0.261 e. The lowest BCUT2D eigenvalue weighted by Gasteiger charge is -2.25. The number of aliphatic hydroxyl groups is 1. The Labute approximate surface area is 207 Å². The van der Waals surface area contributed by atoms with Crippen molar-refractivity contribution in [2.45, 2.75) is 32.6 Å². The molecule has 9 heteroatoms. The van der Waals surface area contributed by atoms with Crippen LogP contribution in [0.15, 0.2) is 78.2 Å². The van der Waals surface area contributed by atoms with Gasteiger partial charge >= 0.3 is 0 Å². The summed E-state index contributed by atoms with van der Waals surface area (Å²) in [5, 5.41) is 13.4. The third-order valence-corrected chi connectivity index (χ3v) is 6.22. The van der Waals surface area contributed by atoms with Crippen LogP contribution in [0.4, 0.5) is 5.69 Å². The van der Waals surface area contributed by atoms with E-state index in [9.17, 15) is 9.90 Å². The molecule has 3 aromatic heterocycles. The number of ether oxygens (including phenoxy) is 1. The predicted octanol–water partition coefficient (Wildman–Crippen LogP) is 3.79. The fraction of sp³-hybridized carbons (Fsp3) is 0.222. The Morgan fingerprint density at radius 1 is 1.19 bits per heavy atom. The van der Waals surface area contributed by atoms with Gasteiger partial charge < -0.3 is 29.7 Å². The lowest BCUT2D eigenvalue weighted by Crippen LogP contribution is -2.37. The van der Waals surface area contributed by atoms with Gasteiger partial charge in [0.2, 0.25) is 0 Å². The zero-order valence-corrected chi connectivity index (χ0v) is 20.1. The quantitative estimate of drug-likeness (QED) is 0.253. The summed E-state index contributed by atoms with van der Waals surface area (Å²) >= 11 is 0. The summed E-state index contributed by atoms with van der Waals surface area (Å²) in [7, 11) is 0. The first kappa shape index (κ1) is 23.5. The number of pyridine rings is 1. The number of hydrogen-bond acceptors (Lipinski definition) is 6. The number of benzene rings is 2. The number of imidazole rings is 2. The van der Waals surface area contributed by atoms with Crippen LogP contribution >= 0.6 is 0 Å². The van der Waals surface area contributed by atoms with Gasteiger partial charge in [0, 0.05) is 24.3 Å². The number of nitrogens with one attached hydrogen (secondary N) is 3. The first-order valence-electron chi connectivity index (χ1n) is 11.8. The second-order valence-electron chi connectivity index (χ2n) is 8.74. The van der Waals surface area contributed by atoms with Crippen molar-refractivity contribution < 1.29 is 9.84 Å². The number of aromatic amines is 2. The van der Waals surface area contributed by atoms with Crippen LogP contribution < -0.4 is 10.9 Å². The fourth-order valence-corrected chi connectivity index (χ4v) is 4.21. The molecule has 2 aromatic carbocycles. The maximum atomic E-state index is 12.9. The van der Waals surface area contributed by atoms with Gasteiger partial charge in [0.25, 0.3) is 5.56 Å². The Morgan fingerprint density at radius 2 is 2.03 bits per heavy atom. The first-order valence-corrected chi connectivity index (χ1v) is 11.8. The van der Waals surface area contributed by atoms with Crippen LogP contribution in [0.2, 0.25) is 0 Å². The molecular formula is C27H28N6O3. The molecular weight excluding hydrogens is 456 g/mol. The minimum absolute atomic E-state index is 0.171. The summed E-state index contributed by atoms with van der Waals surface area (Å²) in [6.45, 7) is 4.13. The van der Waals surface area contributed by atoms with Crippen molar-refractivity contribution in [3.05, 3.63) is 94.9 Å². The van der Waals surface area contributed by atoms with Gasteiger partial charge in [0.15, 0.2) is 0 Å². The second-order valence-corrected chi connectivity index (χ2v) is 8.74. The van der Waals surface area contributed by atoms with E-state index in [2.05, 4.69) is 20.3 Å². The highest BCUT2D eigenvalue weighted by molar-refractivity contribution is 5.86. The van der Waals surface area contributed by atoms with E-state index >= 15 is 0 Å². The normalized spacial score (nSPS) is 13.1. The average molecular weight is 485 g/mol. The summed E-state index contributed by atoms with van der Waals surface area (Å²) in [4.78, 5) is 27.8. The van der Waals surface area contributed by atoms with Gasteiger partial charge in [-0.25, -0.2) is 9.97 Å². The minimum Gasteiger partial charge on any atom is -0.394 e. The number of aliphatic hydroxyl groups excluding tert-OH is 1. The number of H-pyrrole nitrogens is 2. The average Bonchev–Trinajstić information content (AvgIpc) is 3.57. The predicted molar refractivity (Wildman–Crippen MR) is 139 cm³/mol. The Morgan fingerprint density at radius 3 is 2.78 bits per heavy atom. The maximum Gasteiger partial charge on any atom is 0.261 e. The molecule has 4 N–H and O–H groups in total. The molecule has 0 saturated carbocycles. The van der Waals surface area contributed by atoms with Gasteiger partial charge in [-0.2, -0.15) is 0 Å². The Hall–Kier alpha value is -4.21. The standard InChI is InChI=1S/C27H28N6O3/c1-17-12-20(33-11-10-28-16-33)13-22-25(17)32-26(31-22)24-21(8-9-29-27(24)35)30-23(14-34)18(2)36-15-19-6-4-3-5-7-19/h3-13,16,18,23,34H,14-15H2,1-2H3,(H,31,32)(H2,29,30,35). The van der Waals surface area contributed by atoms with Crippen molar-refractivity contribution in [1.82, 2.24) is 24.5 Å². The van der Waals surface area contributed by atoms with Crippen LogP contribution in [0.1, 0.15) is 18.1 Å². The minimum atomic E-state index is -0.437. The Balaban J connectivity index is 1.44. The van der Waals surface area contributed by atoms with E-state index in [-0.39, 0.29) is 18.3 Å². The van der Waals surface area contributed by atoms with E-state index in [1.807, 2.05) is 67.1 Å². The SMILES string of the molecule is Cc1cc(-n2ccnc2)cc2[nH]c(-c3c(NC(CO)C(C)OCc4ccccc4)cc[nH]c3=O)nc12. The third-order valence-electron chi connectivity index (χ3n) is 6.22. The molecule has 0 aliphatic carbocycles. The number of nitrogens with zero attached hydrogens (tertiary/aromatic N) is 3. The van der Waals surface area contributed by atoms with Crippen molar-refractivity contribution in [2.24, 2.45) is 0 Å². The number of rotatable bonds is 9. The molecule has 0 aliphatic heterocycles. The monoisotopic (exact) mass is 484 g/mol. The summed E-state index contributed by atoms with van der Waals surface area (Å²) in [6, 6.07) is 15.2.